The quantitative estimate of drug-likeness (QED) is 0.132. The number of aromatic nitrogens is 1. The van der Waals surface area contributed by atoms with E-state index < -0.39 is 0 Å². The van der Waals surface area contributed by atoms with E-state index in [1.165, 1.54) is 69.1 Å². The molecule has 3 aromatic rings. The van der Waals surface area contributed by atoms with Gasteiger partial charge >= 0.3 is 0 Å². The molecule has 0 N–H and O–H groups in total. The molecule has 3 rings (SSSR count). The van der Waals surface area contributed by atoms with Crippen molar-refractivity contribution in [3.8, 4) is 11.5 Å². The average Bonchev–Trinajstić information content (AvgIpc) is 3.49. The van der Waals surface area contributed by atoms with Crippen molar-refractivity contribution in [2.45, 2.75) is 90.9 Å². The van der Waals surface area contributed by atoms with Crippen molar-refractivity contribution in [3.63, 3.8) is 0 Å². The maximum absolute atomic E-state index is 6.39. The van der Waals surface area contributed by atoms with E-state index in [2.05, 4.69) is 72.8 Å². The Morgan fingerprint density at radius 1 is 0.641 bits per heavy atom. The van der Waals surface area contributed by atoms with Crippen LogP contribution in [0, 0.1) is 0 Å². The Balaban J connectivity index is 1.78. The first-order valence-electron chi connectivity index (χ1n) is 15.0. The topological polar surface area (TPSA) is 31.4 Å². The van der Waals surface area contributed by atoms with Crippen LogP contribution in [0.4, 0.5) is 0 Å². The summed E-state index contributed by atoms with van der Waals surface area (Å²) in [5.74, 6) is 1.82. The highest BCUT2D eigenvalue weighted by Gasteiger charge is 2.10. The number of benzene rings is 1. The highest BCUT2D eigenvalue weighted by atomic mass is 32.1. The molecule has 0 saturated heterocycles. The molecule has 0 bridgehead atoms. The zero-order valence-electron chi connectivity index (χ0n) is 24.1. The van der Waals surface area contributed by atoms with Crippen LogP contribution in [0.2, 0.25) is 0 Å². The molecule has 0 saturated carbocycles. The first-order valence-corrected chi connectivity index (χ1v) is 15.9. The Hall–Kier alpha value is -2.85. The number of hydrogen-bond acceptors (Lipinski definition) is 4. The summed E-state index contributed by atoms with van der Waals surface area (Å²) in [7, 11) is 0. The van der Waals surface area contributed by atoms with Crippen molar-refractivity contribution in [2.75, 3.05) is 13.2 Å². The second kappa shape index (κ2) is 19.2. The summed E-state index contributed by atoms with van der Waals surface area (Å²) in [5, 5.41) is 2.11. The van der Waals surface area contributed by atoms with Gasteiger partial charge in [0.05, 0.1) is 13.2 Å². The molecule has 3 nitrogen and oxygen atoms in total. The Kier molecular flexibility index (Phi) is 15.1. The van der Waals surface area contributed by atoms with Gasteiger partial charge in [-0.05, 0) is 66.3 Å². The van der Waals surface area contributed by atoms with E-state index in [1.807, 2.05) is 24.5 Å². The van der Waals surface area contributed by atoms with Gasteiger partial charge in [-0.3, -0.25) is 4.98 Å². The van der Waals surface area contributed by atoms with Gasteiger partial charge in [-0.25, -0.2) is 0 Å². The number of ether oxygens (including phenoxy) is 2. The summed E-state index contributed by atoms with van der Waals surface area (Å²) in [6.45, 7) is 5.98. The SMILES string of the molecule is CCCCCCCCOc1cc(/C=C/c2cccs2)c(OCCCCCCCC)cc1/C=C/c1ccncc1. The first kappa shape index (κ1) is 30.7. The monoisotopic (exact) mass is 545 g/mol. The third-order valence-electron chi connectivity index (χ3n) is 6.78. The highest BCUT2D eigenvalue weighted by molar-refractivity contribution is 7.10. The largest absolute Gasteiger partial charge is 0.493 e. The van der Waals surface area contributed by atoms with E-state index in [0.29, 0.717) is 0 Å². The summed E-state index contributed by atoms with van der Waals surface area (Å²) < 4.78 is 12.8. The second-order valence-corrected chi connectivity index (χ2v) is 11.1. The van der Waals surface area contributed by atoms with Gasteiger partial charge in [-0.2, -0.15) is 0 Å². The molecular weight excluding hydrogens is 498 g/mol. The van der Waals surface area contributed by atoms with Crippen LogP contribution >= 0.6 is 11.3 Å². The molecule has 0 aliphatic rings. The molecule has 4 heteroatoms. The van der Waals surface area contributed by atoms with Crippen LogP contribution in [-0.2, 0) is 0 Å². The smallest absolute Gasteiger partial charge is 0.127 e. The Morgan fingerprint density at radius 3 is 1.72 bits per heavy atom. The van der Waals surface area contributed by atoms with Crippen molar-refractivity contribution < 1.29 is 9.47 Å². The number of hydrogen-bond donors (Lipinski definition) is 0. The van der Waals surface area contributed by atoms with E-state index in [1.54, 1.807) is 11.3 Å². The maximum atomic E-state index is 6.39. The Labute approximate surface area is 241 Å². The van der Waals surface area contributed by atoms with Crippen molar-refractivity contribution in [1.82, 2.24) is 4.98 Å². The highest BCUT2D eigenvalue weighted by Crippen LogP contribution is 2.33. The van der Waals surface area contributed by atoms with E-state index in [9.17, 15) is 0 Å². The van der Waals surface area contributed by atoms with Crippen LogP contribution in [0.15, 0.2) is 54.2 Å². The lowest BCUT2D eigenvalue weighted by atomic mass is 10.1. The minimum Gasteiger partial charge on any atom is -0.493 e. The fraction of sp³-hybridized carbons (Fsp3) is 0.457. The molecule has 0 fully saturated rings. The fourth-order valence-corrected chi connectivity index (χ4v) is 5.07. The maximum Gasteiger partial charge on any atom is 0.127 e. The third kappa shape index (κ3) is 12.3. The minimum atomic E-state index is 0.730. The minimum absolute atomic E-state index is 0.730. The molecule has 0 amide bonds. The van der Waals surface area contributed by atoms with Crippen LogP contribution in [0.3, 0.4) is 0 Å². The normalized spacial score (nSPS) is 11.5. The van der Waals surface area contributed by atoms with Crippen molar-refractivity contribution in [2.24, 2.45) is 0 Å². The van der Waals surface area contributed by atoms with Gasteiger partial charge in [0.25, 0.3) is 0 Å². The third-order valence-corrected chi connectivity index (χ3v) is 7.62. The first-order chi connectivity index (χ1) is 19.3. The fourth-order valence-electron chi connectivity index (χ4n) is 4.45. The summed E-state index contributed by atoms with van der Waals surface area (Å²) in [5.41, 5.74) is 3.22. The van der Waals surface area contributed by atoms with Gasteiger partial charge in [-0.15, -0.1) is 11.3 Å². The van der Waals surface area contributed by atoms with Gasteiger partial charge in [-0.1, -0.05) is 96.3 Å². The molecule has 2 heterocycles. The second-order valence-electron chi connectivity index (χ2n) is 10.1. The van der Waals surface area contributed by atoms with Gasteiger partial charge in [0.15, 0.2) is 0 Å². The average molecular weight is 546 g/mol. The van der Waals surface area contributed by atoms with Gasteiger partial charge in [0.1, 0.15) is 11.5 Å². The van der Waals surface area contributed by atoms with Crippen LogP contribution < -0.4 is 9.47 Å². The summed E-state index contributed by atoms with van der Waals surface area (Å²) in [4.78, 5) is 5.37. The standard InChI is InChI=1S/C35H47NO2S/c1-3-5-7-9-11-13-25-37-34-29-32(19-20-33-16-15-27-39-33)35(38-26-14-12-10-8-6-4-2)28-31(34)18-17-30-21-23-36-24-22-30/h15-24,27-29H,3-14,25-26H2,1-2H3/b18-17+,20-19+. The molecule has 0 radical (unpaired) electrons. The zero-order valence-corrected chi connectivity index (χ0v) is 24.9. The lowest BCUT2D eigenvalue weighted by Gasteiger charge is -2.15. The molecule has 39 heavy (non-hydrogen) atoms. The van der Waals surface area contributed by atoms with Crippen molar-refractivity contribution in [1.29, 1.82) is 0 Å². The molecule has 2 aromatic heterocycles. The predicted octanol–water partition coefficient (Wildman–Crippen LogP) is 11.0. The van der Waals surface area contributed by atoms with Crippen molar-refractivity contribution >= 4 is 35.6 Å². The number of rotatable bonds is 20. The molecule has 1 aromatic carbocycles. The summed E-state index contributed by atoms with van der Waals surface area (Å²) in [6.07, 6.45) is 27.2. The molecule has 210 valence electrons. The molecule has 0 aliphatic carbocycles. The number of pyridine rings is 1. The molecule has 0 unspecified atom stereocenters. The van der Waals surface area contributed by atoms with Crippen molar-refractivity contribution in [3.05, 3.63) is 75.7 Å². The predicted molar refractivity (Wildman–Crippen MR) is 171 cm³/mol. The van der Waals surface area contributed by atoms with Gasteiger partial charge in [0, 0.05) is 28.4 Å². The molecule has 0 aliphatic heterocycles. The van der Waals surface area contributed by atoms with Crippen LogP contribution in [-0.4, -0.2) is 18.2 Å². The number of unbranched alkanes of at least 4 members (excludes halogenated alkanes) is 10. The molecule has 0 spiro atoms. The summed E-state index contributed by atoms with van der Waals surface area (Å²) in [6, 6.07) is 12.6. The van der Waals surface area contributed by atoms with Gasteiger partial charge in [0.2, 0.25) is 0 Å². The molecule has 0 atom stereocenters. The number of nitrogens with zero attached hydrogens (tertiary/aromatic N) is 1. The van der Waals surface area contributed by atoms with Crippen LogP contribution in [0.25, 0.3) is 24.3 Å². The Morgan fingerprint density at radius 2 is 1.18 bits per heavy atom. The molecular formula is C35H47NO2S. The van der Waals surface area contributed by atoms with E-state index in [4.69, 9.17) is 9.47 Å². The lowest BCUT2D eigenvalue weighted by molar-refractivity contribution is 0.295. The van der Waals surface area contributed by atoms with Crippen LogP contribution in [0.1, 0.15) is 112 Å². The zero-order chi connectivity index (χ0) is 27.4. The van der Waals surface area contributed by atoms with E-state index in [-0.39, 0.29) is 0 Å². The lowest BCUT2D eigenvalue weighted by Crippen LogP contribution is -2.03. The van der Waals surface area contributed by atoms with E-state index >= 15 is 0 Å². The Bertz CT molecular complexity index is 1090. The number of thiophene rings is 1. The van der Waals surface area contributed by atoms with E-state index in [0.717, 1.165) is 54.2 Å². The van der Waals surface area contributed by atoms with Gasteiger partial charge < -0.3 is 9.47 Å². The summed E-state index contributed by atoms with van der Waals surface area (Å²) >= 11 is 1.74. The van der Waals surface area contributed by atoms with Crippen LogP contribution in [0.5, 0.6) is 11.5 Å².